The number of hydrogen-bond acceptors (Lipinski definition) is 5. The van der Waals surface area contributed by atoms with Crippen molar-refractivity contribution >= 4 is 22.5 Å². The fraction of sp³-hybridized carbons (Fsp3) is 0.368. The Morgan fingerprint density at radius 3 is 2.76 bits per heavy atom. The summed E-state index contributed by atoms with van der Waals surface area (Å²) >= 11 is 0. The molecular formula is C19H23N5O. The minimum absolute atomic E-state index is 0.184. The van der Waals surface area contributed by atoms with Crippen molar-refractivity contribution in [2.24, 2.45) is 7.05 Å². The molecule has 3 aromatic rings. The molecule has 0 amide bonds. The van der Waals surface area contributed by atoms with Gasteiger partial charge in [-0.15, -0.1) is 0 Å². The van der Waals surface area contributed by atoms with Crippen molar-refractivity contribution in [2.45, 2.75) is 25.5 Å². The van der Waals surface area contributed by atoms with E-state index in [1.165, 1.54) is 0 Å². The van der Waals surface area contributed by atoms with Gasteiger partial charge in [-0.3, -0.25) is 0 Å². The van der Waals surface area contributed by atoms with Crippen LogP contribution in [0.3, 0.4) is 0 Å². The van der Waals surface area contributed by atoms with Crippen LogP contribution < -0.4 is 10.2 Å². The summed E-state index contributed by atoms with van der Waals surface area (Å²) in [5.74, 6) is 1.94. The van der Waals surface area contributed by atoms with Gasteiger partial charge in [0.25, 0.3) is 0 Å². The smallest absolute Gasteiger partial charge is 0.151 e. The molecule has 1 fully saturated rings. The Morgan fingerprint density at radius 2 is 1.96 bits per heavy atom. The van der Waals surface area contributed by atoms with Crippen molar-refractivity contribution in [1.82, 2.24) is 14.5 Å². The molecular weight excluding hydrogens is 314 g/mol. The highest BCUT2D eigenvalue weighted by Gasteiger charge is 2.20. The Hall–Kier alpha value is -2.60. The number of imidazole rings is 1. The summed E-state index contributed by atoms with van der Waals surface area (Å²) in [6.45, 7) is 2.30. The Labute approximate surface area is 147 Å². The largest absolute Gasteiger partial charge is 0.393 e. The van der Waals surface area contributed by atoms with Crippen molar-refractivity contribution in [1.29, 1.82) is 0 Å². The number of nitrogens with one attached hydrogen (secondary N) is 1. The number of piperidine rings is 1. The number of para-hydroxylation sites is 2. The van der Waals surface area contributed by atoms with Gasteiger partial charge in [0, 0.05) is 26.3 Å². The predicted molar refractivity (Wildman–Crippen MR) is 99.7 cm³/mol. The predicted octanol–water partition coefficient (Wildman–Crippen LogP) is 2.54. The molecule has 0 radical (unpaired) electrons. The van der Waals surface area contributed by atoms with Crippen LogP contribution in [-0.4, -0.2) is 38.8 Å². The standard InChI is InChI=1S/C19H23N5O/c1-23-17-7-3-2-5-15(17)22-18(23)13-21-16-6-4-10-20-19(16)24-11-8-14(25)9-12-24/h2-7,10,14,21,25H,8-9,11-13H2,1H3. The van der Waals surface area contributed by atoms with Gasteiger partial charge < -0.3 is 19.9 Å². The number of aliphatic hydroxyl groups is 1. The normalized spacial score (nSPS) is 15.7. The topological polar surface area (TPSA) is 66.2 Å². The first-order valence-electron chi connectivity index (χ1n) is 8.74. The van der Waals surface area contributed by atoms with Gasteiger partial charge in [-0.2, -0.15) is 0 Å². The zero-order valence-electron chi connectivity index (χ0n) is 14.4. The molecule has 1 aromatic carbocycles. The van der Waals surface area contributed by atoms with Crippen LogP contribution in [0, 0.1) is 0 Å². The van der Waals surface area contributed by atoms with Crippen LogP contribution in [-0.2, 0) is 13.6 Å². The summed E-state index contributed by atoms with van der Waals surface area (Å²) in [5.41, 5.74) is 3.15. The van der Waals surface area contributed by atoms with Crippen LogP contribution >= 0.6 is 0 Å². The van der Waals surface area contributed by atoms with Crippen LogP contribution in [0.4, 0.5) is 11.5 Å². The number of rotatable bonds is 4. The molecule has 3 heterocycles. The van der Waals surface area contributed by atoms with Crippen LogP contribution in [0.2, 0.25) is 0 Å². The van der Waals surface area contributed by atoms with Crippen molar-refractivity contribution in [3.8, 4) is 0 Å². The van der Waals surface area contributed by atoms with E-state index in [-0.39, 0.29) is 6.10 Å². The van der Waals surface area contributed by atoms with Crippen LogP contribution in [0.25, 0.3) is 11.0 Å². The van der Waals surface area contributed by atoms with Crippen LogP contribution in [0.1, 0.15) is 18.7 Å². The number of benzene rings is 1. The zero-order chi connectivity index (χ0) is 17.2. The maximum absolute atomic E-state index is 9.72. The van der Waals surface area contributed by atoms with E-state index < -0.39 is 0 Å². The number of aromatic nitrogens is 3. The van der Waals surface area contributed by atoms with Gasteiger partial charge in [0.15, 0.2) is 5.82 Å². The third kappa shape index (κ3) is 3.17. The Balaban J connectivity index is 1.54. The molecule has 0 atom stereocenters. The lowest BCUT2D eigenvalue weighted by Gasteiger charge is -2.31. The van der Waals surface area contributed by atoms with Crippen molar-refractivity contribution in [3.05, 3.63) is 48.4 Å². The number of aliphatic hydroxyl groups excluding tert-OH is 1. The first-order chi connectivity index (χ1) is 12.2. The van der Waals surface area contributed by atoms with Crippen LogP contribution in [0.5, 0.6) is 0 Å². The van der Waals surface area contributed by atoms with Crippen molar-refractivity contribution in [2.75, 3.05) is 23.3 Å². The number of aryl methyl sites for hydroxylation is 1. The van der Waals surface area contributed by atoms with Crippen molar-refractivity contribution in [3.63, 3.8) is 0 Å². The van der Waals surface area contributed by atoms with Gasteiger partial charge in [-0.05, 0) is 37.1 Å². The van der Waals surface area contributed by atoms with E-state index in [0.717, 1.165) is 54.3 Å². The summed E-state index contributed by atoms with van der Waals surface area (Å²) in [5, 5.41) is 13.2. The molecule has 0 unspecified atom stereocenters. The maximum atomic E-state index is 9.72. The van der Waals surface area contributed by atoms with E-state index in [0.29, 0.717) is 6.54 Å². The number of anilines is 2. The van der Waals surface area contributed by atoms with E-state index in [4.69, 9.17) is 4.98 Å². The second-order valence-electron chi connectivity index (χ2n) is 6.52. The molecule has 0 spiro atoms. The quantitative estimate of drug-likeness (QED) is 0.766. The molecule has 2 N–H and O–H groups in total. The summed E-state index contributed by atoms with van der Waals surface area (Å²) < 4.78 is 2.12. The van der Waals surface area contributed by atoms with Gasteiger partial charge in [0.1, 0.15) is 5.82 Å². The molecule has 1 aliphatic heterocycles. The third-order valence-electron chi connectivity index (χ3n) is 4.87. The summed E-state index contributed by atoms with van der Waals surface area (Å²) in [6.07, 6.45) is 3.22. The molecule has 1 aliphatic rings. The lowest BCUT2D eigenvalue weighted by atomic mass is 10.1. The lowest BCUT2D eigenvalue weighted by Crippen LogP contribution is -2.36. The van der Waals surface area contributed by atoms with Gasteiger partial charge >= 0.3 is 0 Å². The van der Waals surface area contributed by atoms with Crippen LogP contribution in [0.15, 0.2) is 42.6 Å². The van der Waals surface area contributed by atoms with Crippen molar-refractivity contribution < 1.29 is 5.11 Å². The number of fused-ring (bicyclic) bond motifs is 1. The third-order valence-corrected chi connectivity index (χ3v) is 4.87. The Kier molecular flexibility index (Phi) is 4.28. The second kappa shape index (κ2) is 6.72. The maximum Gasteiger partial charge on any atom is 0.151 e. The lowest BCUT2D eigenvalue weighted by molar-refractivity contribution is 0.145. The first-order valence-corrected chi connectivity index (χ1v) is 8.74. The summed E-state index contributed by atoms with van der Waals surface area (Å²) in [7, 11) is 2.04. The van der Waals surface area contributed by atoms with E-state index in [2.05, 4.69) is 31.9 Å². The number of nitrogens with zero attached hydrogens (tertiary/aromatic N) is 4. The van der Waals surface area contributed by atoms with Gasteiger partial charge in [-0.1, -0.05) is 12.1 Å². The average Bonchev–Trinajstić information content (AvgIpc) is 2.97. The molecule has 2 aromatic heterocycles. The molecule has 25 heavy (non-hydrogen) atoms. The molecule has 0 saturated carbocycles. The second-order valence-corrected chi connectivity index (χ2v) is 6.52. The van der Waals surface area contributed by atoms with E-state index in [1.54, 1.807) is 0 Å². The molecule has 4 rings (SSSR count). The average molecular weight is 337 g/mol. The fourth-order valence-corrected chi connectivity index (χ4v) is 3.39. The van der Waals surface area contributed by atoms with E-state index in [1.807, 2.05) is 37.5 Å². The number of hydrogen-bond donors (Lipinski definition) is 2. The van der Waals surface area contributed by atoms with Gasteiger partial charge in [0.05, 0.1) is 29.4 Å². The number of pyridine rings is 1. The molecule has 0 aliphatic carbocycles. The van der Waals surface area contributed by atoms with Gasteiger partial charge in [0.2, 0.25) is 0 Å². The SMILES string of the molecule is Cn1c(CNc2cccnc2N2CCC(O)CC2)nc2ccccc21. The molecule has 0 bridgehead atoms. The van der Waals surface area contributed by atoms with Gasteiger partial charge in [-0.25, -0.2) is 9.97 Å². The highest BCUT2D eigenvalue weighted by molar-refractivity contribution is 5.76. The fourth-order valence-electron chi connectivity index (χ4n) is 3.39. The highest BCUT2D eigenvalue weighted by atomic mass is 16.3. The van der Waals surface area contributed by atoms with E-state index >= 15 is 0 Å². The monoisotopic (exact) mass is 337 g/mol. The first kappa shape index (κ1) is 15.9. The molecule has 1 saturated heterocycles. The molecule has 130 valence electrons. The minimum Gasteiger partial charge on any atom is -0.393 e. The Bertz CT molecular complexity index is 867. The Morgan fingerprint density at radius 1 is 1.16 bits per heavy atom. The zero-order valence-corrected chi connectivity index (χ0v) is 14.4. The summed E-state index contributed by atoms with van der Waals surface area (Å²) in [4.78, 5) is 11.5. The minimum atomic E-state index is -0.184. The molecule has 6 nitrogen and oxygen atoms in total. The highest BCUT2D eigenvalue weighted by Crippen LogP contribution is 2.26. The van der Waals surface area contributed by atoms with E-state index in [9.17, 15) is 5.11 Å². The summed E-state index contributed by atoms with van der Waals surface area (Å²) in [6, 6.07) is 12.2. The molecule has 6 heteroatoms.